The van der Waals surface area contributed by atoms with E-state index >= 15 is 0 Å². The van der Waals surface area contributed by atoms with Gasteiger partial charge in [-0.2, -0.15) is 13.2 Å². The monoisotopic (exact) mass is 323 g/mol. The van der Waals surface area contributed by atoms with E-state index in [4.69, 9.17) is 9.47 Å². The first kappa shape index (κ1) is 17.1. The van der Waals surface area contributed by atoms with Gasteiger partial charge in [0.1, 0.15) is 6.54 Å². The van der Waals surface area contributed by atoms with Crippen molar-refractivity contribution in [2.45, 2.75) is 44.8 Å². The van der Waals surface area contributed by atoms with E-state index in [0.29, 0.717) is 19.7 Å². The van der Waals surface area contributed by atoms with Crippen molar-refractivity contribution in [3.8, 4) is 0 Å². The van der Waals surface area contributed by atoms with Gasteiger partial charge in [0, 0.05) is 20.2 Å². The number of nitrogens with zero attached hydrogens (tertiary/aromatic N) is 5. The summed E-state index contributed by atoms with van der Waals surface area (Å²) in [4.78, 5) is 1.98. The SMILES string of the molecule is COC[C@H]1CN(Cc2nnnn2CC(F)(F)F)CC(C)(C)O1. The van der Waals surface area contributed by atoms with Crippen LogP contribution >= 0.6 is 0 Å². The molecule has 0 saturated carbocycles. The topological polar surface area (TPSA) is 65.3 Å². The van der Waals surface area contributed by atoms with E-state index in [-0.39, 0.29) is 18.5 Å². The molecule has 1 fully saturated rings. The van der Waals surface area contributed by atoms with Crippen molar-refractivity contribution >= 4 is 0 Å². The largest absolute Gasteiger partial charge is 0.408 e. The van der Waals surface area contributed by atoms with Crippen molar-refractivity contribution < 1.29 is 22.6 Å². The fraction of sp³-hybridized carbons (Fsp3) is 0.917. The Morgan fingerprint density at radius 1 is 1.41 bits per heavy atom. The summed E-state index contributed by atoms with van der Waals surface area (Å²) in [6.07, 6.45) is -4.49. The van der Waals surface area contributed by atoms with Gasteiger partial charge in [-0.3, -0.25) is 4.90 Å². The average molecular weight is 323 g/mol. The number of hydrogen-bond acceptors (Lipinski definition) is 6. The average Bonchev–Trinajstić information content (AvgIpc) is 2.72. The highest BCUT2D eigenvalue weighted by Gasteiger charge is 2.35. The molecule has 0 aliphatic carbocycles. The molecule has 22 heavy (non-hydrogen) atoms. The lowest BCUT2D eigenvalue weighted by molar-refractivity contribution is -0.156. The Bertz CT molecular complexity index is 491. The normalized spacial score (nSPS) is 22.9. The second kappa shape index (κ2) is 6.47. The summed E-state index contributed by atoms with van der Waals surface area (Å²) in [6.45, 7) is 4.46. The maximum Gasteiger partial charge on any atom is 0.408 e. The lowest BCUT2D eigenvalue weighted by Gasteiger charge is -2.42. The van der Waals surface area contributed by atoms with Crippen LogP contribution in [0.2, 0.25) is 0 Å². The van der Waals surface area contributed by atoms with Gasteiger partial charge in [0.25, 0.3) is 0 Å². The van der Waals surface area contributed by atoms with Crippen molar-refractivity contribution in [3.05, 3.63) is 5.82 Å². The summed E-state index contributed by atoms with van der Waals surface area (Å²) >= 11 is 0. The van der Waals surface area contributed by atoms with Gasteiger partial charge >= 0.3 is 6.18 Å². The molecule has 0 amide bonds. The molecule has 2 heterocycles. The van der Waals surface area contributed by atoms with Crippen LogP contribution in [0.5, 0.6) is 0 Å². The number of halogens is 3. The lowest BCUT2D eigenvalue weighted by Crippen LogP contribution is -2.53. The van der Waals surface area contributed by atoms with E-state index in [1.165, 1.54) is 0 Å². The van der Waals surface area contributed by atoms with Crippen molar-refractivity contribution in [2.75, 3.05) is 26.8 Å². The molecule has 7 nitrogen and oxygen atoms in total. The molecule has 0 bridgehead atoms. The van der Waals surface area contributed by atoms with E-state index in [0.717, 1.165) is 4.68 Å². The minimum absolute atomic E-state index is 0.138. The number of morpholine rings is 1. The van der Waals surface area contributed by atoms with Crippen molar-refractivity contribution in [3.63, 3.8) is 0 Å². The standard InChI is InChI=1S/C12H20F3N5O2/c1-11(2)7-19(4-9(22-11)6-21-3)5-10-16-17-18-20(10)8-12(13,14)15/h9H,4-8H2,1-3H3/t9-/m1/s1. The summed E-state index contributed by atoms with van der Waals surface area (Å²) in [5.74, 6) is 0.186. The van der Waals surface area contributed by atoms with E-state index in [1.807, 2.05) is 18.7 Å². The number of methoxy groups -OCH3 is 1. The first-order valence-corrected chi connectivity index (χ1v) is 6.89. The van der Waals surface area contributed by atoms with Crippen molar-refractivity contribution in [2.24, 2.45) is 0 Å². The van der Waals surface area contributed by atoms with E-state index in [2.05, 4.69) is 15.5 Å². The molecule has 1 aromatic rings. The number of ether oxygens (including phenoxy) is 2. The molecule has 1 atom stereocenters. The quantitative estimate of drug-likeness (QED) is 0.801. The first-order valence-electron chi connectivity index (χ1n) is 6.89. The molecule has 0 radical (unpaired) electrons. The van der Waals surface area contributed by atoms with Gasteiger partial charge in [0.15, 0.2) is 5.82 Å². The van der Waals surface area contributed by atoms with Crippen LogP contribution < -0.4 is 0 Å². The maximum absolute atomic E-state index is 12.5. The van der Waals surface area contributed by atoms with Crippen LogP contribution in [0, 0.1) is 0 Å². The molecule has 0 N–H and O–H groups in total. The molecular weight excluding hydrogens is 303 g/mol. The molecule has 0 aromatic carbocycles. The van der Waals surface area contributed by atoms with Crippen LogP contribution in [-0.2, 0) is 22.6 Å². The summed E-state index contributed by atoms with van der Waals surface area (Å²) in [7, 11) is 1.58. The molecule has 2 rings (SSSR count). The van der Waals surface area contributed by atoms with Crippen LogP contribution in [0.4, 0.5) is 13.2 Å². The zero-order valence-electron chi connectivity index (χ0n) is 12.8. The third kappa shape index (κ3) is 4.89. The van der Waals surface area contributed by atoms with E-state index in [1.54, 1.807) is 7.11 Å². The first-order chi connectivity index (χ1) is 10.2. The zero-order chi connectivity index (χ0) is 16.4. The fourth-order valence-corrected chi connectivity index (χ4v) is 2.64. The summed E-state index contributed by atoms with van der Waals surface area (Å²) < 4.78 is 49.2. The predicted octanol–water partition coefficient (Wildman–Crippen LogP) is 0.861. The number of rotatable bonds is 5. The second-order valence-corrected chi connectivity index (χ2v) is 5.99. The second-order valence-electron chi connectivity index (χ2n) is 5.99. The van der Waals surface area contributed by atoms with Gasteiger partial charge < -0.3 is 9.47 Å². The molecule has 1 aliphatic heterocycles. The minimum Gasteiger partial charge on any atom is -0.382 e. The van der Waals surface area contributed by atoms with Crippen LogP contribution in [0.1, 0.15) is 19.7 Å². The van der Waals surface area contributed by atoms with Crippen LogP contribution in [0.15, 0.2) is 0 Å². The number of aromatic nitrogens is 4. The Kier molecular flexibility index (Phi) is 5.03. The maximum atomic E-state index is 12.5. The van der Waals surface area contributed by atoms with Gasteiger partial charge in [-0.25, -0.2) is 4.68 Å². The zero-order valence-corrected chi connectivity index (χ0v) is 12.8. The molecule has 0 spiro atoms. The predicted molar refractivity (Wildman–Crippen MR) is 70.0 cm³/mol. The van der Waals surface area contributed by atoms with Crippen LogP contribution in [0.25, 0.3) is 0 Å². The minimum atomic E-state index is -4.35. The highest BCUT2D eigenvalue weighted by molar-refractivity contribution is 4.89. The van der Waals surface area contributed by atoms with E-state index < -0.39 is 18.3 Å². The number of alkyl halides is 3. The van der Waals surface area contributed by atoms with Crippen molar-refractivity contribution in [1.82, 2.24) is 25.1 Å². The number of hydrogen-bond donors (Lipinski definition) is 0. The Hall–Kier alpha value is -1.26. The molecule has 1 aromatic heterocycles. The van der Waals surface area contributed by atoms with Crippen LogP contribution in [-0.4, -0.2) is 69.8 Å². The smallest absolute Gasteiger partial charge is 0.382 e. The molecule has 10 heteroatoms. The van der Waals surface area contributed by atoms with Gasteiger partial charge in [-0.05, 0) is 24.3 Å². The third-order valence-corrected chi connectivity index (χ3v) is 3.20. The summed E-state index contributed by atoms with van der Waals surface area (Å²) in [5.41, 5.74) is -0.413. The molecule has 1 saturated heterocycles. The molecule has 1 aliphatic rings. The highest BCUT2D eigenvalue weighted by atomic mass is 19.4. The summed E-state index contributed by atoms with van der Waals surface area (Å²) in [5, 5.41) is 10.5. The lowest BCUT2D eigenvalue weighted by atomic mass is 10.1. The van der Waals surface area contributed by atoms with Gasteiger partial charge in [0.05, 0.1) is 24.9 Å². The van der Waals surface area contributed by atoms with Crippen molar-refractivity contribution in [1.29, 1.82) is 0 Å². The highest BCUT2D eigenvalue weighted by Crippen LogP contribution is 2.23. The molecule has 0 unspecified atom stereocenters. The summed E-state index contributed by atoms with van der Waals surface area (Å²) in [6, 6.07) is 0. The van der Waals surface area contributed by atoms with E-state index in [9.17, 15) is 13.2 Å². The Morgan fingerprint density at radius 3 is 2.77 bits per heavy atom. The molecule has 126 valence electrons. The van der Waals surface area contributed by atoms with Gasteiger partial charge in [0.2, 0.25) is 0 Å². The molecular formula is C12H20F3N5O2. The number of tetrazole rings is 1. The Labute approximate surface area is 126 Å². The van der Waals surface area contributed by atoms with Gasteiger partial charge in [-0.15, -0.1) is 5.10 Å². The van der Waals surface area contributed by atoms with Gasteiger partial charge in [-0.1, -0.05) is 0 Å². The van der Waals surface area contributed by atoms with Crippen LogP contribution in [0.3, 0.4) is 0 Å². The Balaban J connectivity index is 2.05. The fourth-order valence-electron chi connectivity index (χ4n) is 2.64. The third-order valence-electron chi connectivity index (χ3n) is 3.20. The Morgan fingerprint density at radius 2 is 2.14 bits per heavy atom.